The molecule has 0 radical (unpaired) electrons. The highest BCUT2D eigenvalue weighted by Crippen LogP contribution is 2.28. The summed E-state index contributed by atoms with van der Waals surface area (Å²) in [5, 5.41) is 13.5. The summed E-state index contributed by atoms with van der Waals surface area (Å²) >= 11 is 0. The van der Waals surface area contributed by atoms with Crippen LogP contribution in [-0.2, 0) is 24.3 Å². The Morgan fingerprint density at radius 3 is 2.68 bits per heavy atom. The Morgan fingerprint density at radius 1 is 1.32 bits per heavy atom. The number of nitrogens with zero attached hydrogens (tertiary/aromatic N) is 3. The van der Waals surface area contributed by atoms with Gasteiger partial charge in [-0.2, -0.15) is 5.10 Å². The molecule has 0 saturated heterocycles. The third kappa shape index (κ3) is 4.17. The number of hydrogen-bond donors (Lipinski definition) is 1. The van der Waals surface area contributed by atoms with Crippen molar-refractivity contribution in [2.45, 2.75) is 38.8 Å². The van der Waals surface area contributed by atoms with Crippen molar-refractivity contribution in [1.29, 1.82) is 0 Å². The summed E-state index contributed by atoms with van der Waals surface area (Å²) in [6.45, 7) is 5.14. The van der Waals surface area contributed by atoms with E-state index >= 15 is 0 Å². The number of benzene rings is 1. The maximum absolute atomic E-state index is 12.4. The number of anilines is 1. The Bertz CT molecular complexity index is 717. The van der Waals surface area contributed by atoms with Crippen molar-refractivity contribution in [3.05, 3.63) is 60.4 Å². The molecule has 3 rings (SSSR count). The van der Waals surface area contributed by atoms with E-state index in [0.717, 1.165) is 23.5 Å². The summed E-state index contributed by atoms with van der Waals surface area (Å²) in [6, 6.07) is 9.70. The van der Waals surface area contributed by atoms with E-state index in [1.807, 2.05) is 35.0 Å². The van der Waals surface area contributed by atoms with Gasteiger partial charge < -0.3 is 10.0 Å². The summed E-state index contributed by atoms with van der Waals surface area (Å²) < 4.78 is 2.02. The third-order valence-electron chi connectivity index (χ3n) is 4.87. The van der Waals surface area contributed by atoms with E-state index in [9.17, 15) is 4.79 Å². The van der Waals surface area contributed by atoms with Gasteiger partial charge in [0.1, 0.15) is 0 Å². The predicted octanol–water partition coefficient (Wildman–Crippen LogP) is 2.94. The first kappa shape index (κ1) is 17.4. The Morgan fingerprint density at radius 2 is 2.08 bits per heavy atom. The van der Waals surface area contributed by atoms with Crippen LogP contribution in [0.25, 0.3) is 0 Å². The highest BCUT2D eigenvalue weighted by Gasteiger charge is 2.21. The van der Waals surface area contributed by atoms with Gasteiger partial charge in [-0.1, -0.05) is 25.1 Å². The second-order valence-corrected chi connectivity index (χ2v) is 6.57. The molecule has 25 heavy (non-hydrogen) atoms. The lowest BCUT2D eigenvalue weighted by molar-refractivity contribution is -0.114. The van der Waals surface area contributed by atoms with E-state index in [1.54, 1.807) is 11.1 Å². The molecular weight excluding hydrogens is 314 g/mol. The van der Waals surface area contributed by atoms with Crippen LogP contribution in [0.2, 0.25) is 0 Å². The Hall–Kier alpha value is -2.40. The van der Waals surface area contributed by atoms with Gasteiger partial charge in [0, 0.05) is 25.0 Å². The van der Waals surface area contributed by atoms with Crippen LogP contribution in [0.3, 0.4) is 0 Å². The van der Waals surface area contributed by atoms with Gasteiger partial charge in [0.25, 0.3) is 5.91 Å². The minimum absolute atomic E-state index is 0.120. The summed E-state index contributed by atoms with van der Waals surface area (Å²) in [7, 11) is 0. The molecule has 0 bridgehead atoms. The first-order valence-electron chi connectivity index (χ1n) is 8.85. The molecule has 5 nitrogen and oxygen atoms in total. The molecule has 0 atom stereocenters. The number of aliphatic hydroxyl groups excluding tert-OH is 1. The normalized spacial score (nSPS) is 14.1. The second kappa shape index (κ2) is 8.12. The molecule has 1 fully saturated rings. The van der Waals surface area contributed by atoms with E-state index < -0.39 is 0 Å². The van der Waals surface area contributed by atoms with Gasteiger partial charge in [0.15, 0.2) is 0 Å². The lowest BCUT2D eigenvalue weighted by Gasteiger charge is -2.27. The largest absolute Gasteiger partial charge is 0.396 e. The van der Waals surface area contributed by atoms with Crippen LogP contribution in [0.15, 0.2) is 49.2 Å². The van der Waals surface area contributed by atoms with Crippen molar-refractivity contribution in [3.8, 4) is 0 Å². The van der Waals surface area contributed by atoms with E-state index in [1.165, 1.54) is 25.3 Å². The molecular formula is C20H25N3O2. The quantitative estimate of drug-likeness (QED) is 0.752. The summed E-state index contributed by atoms with van der Waals surface area (Å²) in [5.41, 5.74) is 2.90. The lowest BCUT2D eigenvalue weighted by atomic mass is 9.85. The summed E-state index contributed by atoms with van der Waals surface area (Å²) in [5.74, 6) is 0.575. The third-order valence-corrected chi connectivity index (χ3v) is 4.87. The molecule has 1 heterocycles. The molecule has 5 heteroatoms. The first-order valence-corrected chi connectivity index (χ1v) is 8.85. The van der Waals surface area contributed by atoms with Gasteiger partial charge in [-0.3, -0.25) is 9.48 Å². The number of rotatable bonds is 8. The fourth-order valence-electron chi connectivity index (χ4n) is 3.12. The maximum atomic E-state index is 12.4. The molecule has 2 aromatic rings. The number of carbonyl (C=O) groups is 1. The zero-order chi connectivity index (χ0) is 17.6. The van der Waals surface area contributed by atoms with Crippen molar-refractivity contribution >= 4 is 11.6 Å². The fraction of sp³-hybridized carbons (Fsp3) is 0.400. The minimum atomic E-state index is -0.133. The van der Waals surface area contributed by atoms with Crippen LogP contribution in [0.1, 0.15) is 30.5 Å². The van der Waals surface area contributed by atoms with E-state index in [-0.39, 0.29) is 12.5 Å². The Kier molecular flexibility index (Phi) is 5.66. The molecule has 1 aromatic carbocycles. The van der Waals surface area contributed by atoms with Crippen LogP contribution in [0, 0.1) is 5.92 Å². The molecule has 1 saturated carbocycles. The predicted molar refractivity (Wildman–Crippen MR) is 98.2 cm³/mol. The minimum Gasteiger partial charge on any atom is -0.396 e. The molecule has 1 aromatic heterocycles. The van der Waals surface area contributed by atoms with Crippen LogP contribution in [0.5, 0.6) is 0 Å². The van der Waals surface area contributed by atoms with Crippen molar-refractivity contribution in [2.24, 2.45) is 5.92 Å². The monoisotopic (exact) mass is 339 g/mol. The topological polar surface area (TPSA) is 58.4 Å². The molecule has 1 N–H and O–H groups in total. The molecule has 0 unspecified atom stereocenters. The van der Waals surface area contributed by atoms with E-state index in [0.29, 0.717) is 18.9 Å². The van der Waals surface area contributed by atoms with Gasteiger partial charge in [-0.15, -0.1) is 0 Å². The zero-order valence-electron chi connectivity index (χ0n) is 14.5. The van der Waals surface area contributed by atoms with Crippen LogP contribution < -0.4 is 4.90 Å². The SMILES string of the molecule is C=CC(=O)N(Cc1ccnn1CC1CCC1)c1ccc(CCO)cc1. The number of aromatic nitrogens is 2. The van der Waals surface area contributed by atoms with Gasteiger partial charge in [0.05, 0.1) is 12.2 Å². The van der Waals surface area contributed by atoms with E-state index in [4.69, 9.17) is 5.11 Å². The number of hydrogen-bond acceptors (Lipinski definition) is 3. The molecule has 0 spiro atoms. The van der Waals surface area contributed by atoms with Crippen molar-refractivity contribution in [3.63, 3.8) is 0 Å². The first-order chi connectivity index (χ1) is 12.2. The molecule has 1 aliphatic carbocycles. The van der Waals surface area contributed by atoms with Crippen molar-refractivity contribution in [1.82, 2.24) is 9.78 Å². The van der Waals surface area contributed by atoms with Crippen molar-refractivity contribution in [2.75, 3.05) is 11.5 Å². The number of amides is 1. The second-order valence-electron chi connectivity index (χ2n) is 6.57. The zero-order valence-corrected chi connectivity index (χ0v) is 14.5. The molecule has 132 valence electrons. The molecule has 1 amide bonds. The van der Waals surface area contributed by atoms with Gasteiger partial charge in [-0.25, -0.2) is 0 Å². The maximum Gasteiger partial charge on any atom is 0.250 e. The molecule has 0 aliphatic heterocycles. The van der Waals surface area contributed by atoms with E-state index in [2.05, 4.69) is 11.7 Å². The standard InChI is InChI=1S/C20H25N3O2/c1-2-20(25)22(18-8-6-16(7-9-18)11-13-24)15-19-10-12-21-23(19)14-17-4-3-5-17/h2,6-10,12,17,24H,1,3-5,11,13-15H2. The highest BCUT2D eigenvalue weighted by molar-refractivity contribution is 6.00. The smallest absolute Gasteiger partial charge is 0.250 e. The lowest BCUT2D eigenvalue weighted by Crippen LogP contribution is -2.30. The van der Waals surface area contributed by atoms with Gasteiger partial charge in [-0.05, 0) is 55.0 Å². The van der Waals surface area contributed by atoms with Crippen LogP contribution in [-0.4, -0.2) is 27.4 Å². The average Bonchev–Trinajstić information content (AvgIpc) is 3.03. The van der Waals surface area contributed by atoms with Crippen LogP contribution >= 0.6 is 0 Å². The highest BCUT2D eigenvalue weighted by atomic mass is 16.3. The number of aliphatic hydroxyl groups is 1. The number of carbonyl (C=O) groups excluding carboxylic acids is 1. The molecule has 1 aliphatic rings. The fourth-order valence-corrected chi connectivity index (χ4v) is 3.12. The Labute approximate surface area is 148 Å². The van der Waals surface area contributed by atoms with Gasteiger partial charge in [0.2, 0.25) is 0 Å². The Balaban J connectivity index is 1.78. The summed E-state index contributed by atoms with van der Waals surface area (Å²) in [4.78, 5) is 14.1. The van der Waals surface area contributed by atoms with Crippen molar-refractivity contribution < 1.29 is 9.90 Å². The van der Waals surface area contributed by atoms with Crippen LogP contribution in [0.4, 0.5) is 5.69 Å². The average molecular weight is 339 g/mol. The van der Waals surface area contributed by atoms with Gasteiger partial charge >= 0.3 is 0 Å². The summed E-state index contributed by atoms with van der Waals surface area (Å²) in [6.07, 6.45) is 7.59.